The molecular formula is C24H26ClN5O3. The van der Waals surface area contributed by atoms with Crippen molar-refractivity contribution in [3.63, 3.8) is 0 Å². The van der Waals surface area contributed by atoms with Crippen LogP contribution in [-0.4, -0.2) is 26.8 Å². The third kappa shape index (κ3) is 4.86. The molecule has 1 saturated carbocycles. The van der Waals surface area contributed by atoms with Crippen LogP contribution < -0.4 is 16.0 Å². The van der Waals surface area contributed by atoms with Crippen LogP contribution in [-0.2, 0) is 24.9 Å². The molecular weight excluding hydrogens is 442 g/mol. The van der Waals surface area contributed by atoms with Crippen LogP contribution in [0.2, 0.25) is 5.02 Å². The van der Waals surface area contributed by atoms with E-state index in [0.717, 1.165) is 46.7 Å². The van der Waals surface area contributed by atoms with Crippen LogP contribution in [0.5, 0.6) is 0 Å². The van der Waals surface area contributed by atoms with Crippen LogP contribution in [0.3, 0.4) is 0 Å². The summed E-state index contributed by atoms with van der Waals surface area (Å²) >= 11 is 6.38. The summed E-state index contributed by atoms with van der Waals surface area (Å²) in [7, 11) is 1.88. The van der Waals surface area contributed by atoms with Gasteiger partial charge in [0, 0.05) is 19.2 Å². The molecule has 0 radical (unpaired) electrons. The van der Waals surface area contributed by atoms with Crippen molar-refractivity contribution in [1.82, 2.24) is 9.78 Å². The molecule has 0 unspecified atom stereocenters. The number of rotatable bonds is 3. The number of nitrogens with one attached hydrogen (secondary N) is 1. The fourth-order valence-electron chi connectivity index (χ4n) is 3.64. The molecule has 0 atom stereocenters. The number of hydrogen-bond donors (Lipinski definition) is 3. The van der Waals surface area contributed by atoms with Gasteiger partial charge in [-0.3, -0.25) is 14.3 Å². The summed E-state index contributed by atoms with van der Waals surface area (Å²) in [6.45, 7) is 2.80. The summed E-state index contributed by atoms with van der Waals surface area (Å²) in [4.78, 5) is 24.9. The number of aliphatic carboxylic acids is 1. The van der Waals surface area contributed by atoms with Crippen LogP contribution in [0.4, 0.5) is 17.2 Å². The number of aromatic nitrogens is 2. The van der Waals surface area contributed by atoms with E-state index < -0.39 is 5.97 Å². The Morgan fingerprint density at radius 1 is 1.24 bits per heavy atom. The van der Waals surface area contributed by atoms with Gasteiger partial charge in [0.25, 0.3) is 5.91 Å². The van der Waals surface area contributed by atoms with Crippen LogP contribution in [0.25, 0.3) is 0 Å². The number of benzene rings is 2. The molecule has 0 spiro atoms. The molecule has 2 aliphatic rings. The Kier molecular flexibility index (Phi) is 6.40. The Labute approximate surface area is 197 Å². The van der Waals surface area contributed by atoms with E-state index in [1.54, 1.807) is 27.9 Å². The molecule has 0 saturated heterocycles. The zero-order valence-corrected chi connectivity index (χ0v) is 19.3. The van der Waals surface area contributed by atoms with Crippen molar-refractivity contribution in [2.24, 2.45) is 18.7 Å². The standard InChI is InChI=1S/C20H20ClN5O.C4H6O2/c1-12-3-6-18-17(7-12)24-19-14(10-23-25(19)2)11-26(18)20(27)15-5-4-13(9-22)8-16(15)21;5-4(6)3-1-2-3/h3-8,10,24H,9,11,22H2,1-2H3;3H,1-2H2,(H,5,6). The third-order valence-corrected chi connectivity index (χ3v) is 6.02. The van der Waals surface area contributed by atoms with Gasteiger partial charge < -0.3 is 21.1 Å². The van der Waals surface area contributed by atoms with Crippen LogP contribution in [0.15, 0.2) is 42.6 Å². The quantitative estimate of drug-likeness (QED) is 0.531. The number of carboxylic acid groups (broad SMARTS) is 1. The van der Waals surface area contributed by atoms with E-state index in [9.17, 15) is 9.59 Å². The Morgan fingerprint density at radius 3 is 2.61 bits per heavy atom. The summed E-state index contributed by atoms with van der Waals surface area (Å²) in [5.41, 5.74) is 10.7. The highest BCUT2D eigenvalue weighted by Gasteiger charge is 2.29. The van der Waals surface area contributed by atoms with Gasteiger partial charge in [-0.15, -0.1) is 0 Å². The minimum absolute atomic E-state index is 0.0185. The molecule has 1 amide bonds. The van der Waals surface area contributed by atoms with E-state index in [4.69, 9.17) is 22.4 Å². The van der Waals surface area contributed by atoms with Crippen molar-refractivity contribution in [3.05, 3.63) is 69.9 Å². The highest BCUT2D eigenvalue weighted by Crippen LogP contribution is 2.37. The monoisotopic (exact) mass is 467 g/mol. The van der Waals surface area contributed by atoms with Gasteiger partial charge in [-0.1, -0.05) is 23.7 Å². The fourth-order valence-corrected chi connectivity index (χ4v) is 3.93. The zero-order valence-electron chi connectivity index (χ0n) is 18.5. The Bertz CT molecular complexity index is 1220. The van der Waals surface area contributed by atoms with Gasteiger partial charge in [-0.05, 0) is 55.2 Å². The molecule has 8 nitrogen and oxygen atoms in total. The number of aryl methyl sites for hydroxylation is 2. The maximum absolute atomic E-state index is 13.4. The topological polar surface area (TPSA) is 113 Å². The van der Waals surface area contributed by atoms with E-state index in [1.165, 1.54) is 0 Å². The van der Waals surface area contributed by atoms with Gasteiger partial charge in [-0.2, -0.15) is 5.10 Å². The Hall–Kier alpha value is -3.36. The number of carboxylic acids is 1. The number of anilines is 3. The second-order valence-corrected chi connectivity index (χ2v) is 8.72. The number of hydrogen-bond acceptors (Lipinski definition) is 5. The van der Waals surface area contributed by atoms with E-state index in [-0.39, 0.29) is 11.8 Å². The molecule has 5 rings (SSSR count). The van der Waals surface area contributed by atoms with Gasteiger partial charge >= 0.3 is 5.97 Å². The smallest absolute Gasteiger partial charge is 0.306 e. The second kappa shape index (κ2) is 9.25. The molecule has 1 aliphatic heterocycles. The van der Waals surface area contributed by atoms with Gasteiger partial charge in [0.2, 0.25) is 0 Å². The van der Waals surface area contributed by atoms with E-state index in [2.05, 4.69) is 10.4 Å². The molecule has 1 aromatic heterocycles. The van der Waals surface area contributed by atoms with Crippen molar-refractivity contribution in [3.8, 4) is 0 Å². The summed E-state index contributed by atoms with van der Waals surface area (Å²) in [5.74, 6) is 0.105. The molecule has 2 heterocycles. The molecule has 0 bridgehead atoms. The van der Waals surface area contributed by atoms with Crippen molar-refractivity contribution in [2.75, 3.05) is 10.2 Å². The lowest BCUT2D eigenvalue weighted by Gasteiger charge is -2.23. The summed E-state index contributed by atoms with van der Waals surface area (Å²) in [6.07, 6.45) is 3.57. The second-order valence-electron chi connectivity index (χ2n) is 8.31. The molecule has 1 aliphatic carbocycles. The zero-order chi connectivity index (χ0) is 23.7. The number of halogens is 1. The van der Waals surface area contributed by atoms with E-state index in [0.29, 0.717) is 23.7 Å². The summed E-state index contributed by atoms with van der Waals surface area (Å²) < 4.78 is 1.78. The largest absolute Gasteiger partial charge is 0.481 e. The predicted octanol–water partition coefficient (Wildman–Crippen LogP) is 4.23. The number of carbonyl (C=O) groups excluding carboxylic acids is 1. The minimum atomic E-state index is -0.630. The molecule has 9 heteroatoms. The lowest BCUT2D eigenvalue weighted by Crippen LogP contribution is -2.30. The number of nitrogens with two attached hydrogens (primary N) is 1. The SMILES string of the molecule is Cc1ccc2c(c1)Nc1c(cnn1C)CN2C(=O)c1ccc(CN)cc1Cl.O=C(O)C1CC1. The number of carbonyl (C=O) groups is 2. The lowest BCUT2D eigenvalue weighted by molar-refractivity contribution is -0.138. The van der Waals surface area contributed by atoms with Gasteiger partial charge in [-0.25, -0.2) is 0 Å². The summed E-state index contributed by atoms with van der Waals surface area (Å²) in [5, 5.41) is 16.2. The molecule has 4 N–H and O–H groups in total. The van der Waals surface area contributed by atoms with Crippen molar-refractivity contribution in [2.45, 2.75) is 32.9 Å². The minimum Gasteiger partial charge on any atom is -0.481 e. The average molecular weight is 468 g/mol. The maximum atomic E-state index is 13.4. The normalized spacial score (nSPS) is 14.2. The van der Waals surface area contributed by atoms with E-state index >= 15 is 0 Å². The molecule has 172 valence electrons. The number of fused-ring (bicyclic) bond motifs is 2. The van der Waals surface area contributed by atoms with Crippen molar-refractivity contribution >= 4 is 40.7 Å². The van der Waals surface area contributed by atoms with Crippen LogP contribution in [0, 0.1) is 12.8 Å². The highest BCUT2D eigenvalue weighted by molar-refractivity contribution is 6.34. The van der Waals surface area contributed by atoms with Gasteiger partial charge in [0.05, 0.1) is 40.6 Å². The van der Waals surface area contributed by atoms with Crippen LogP contribution in [0.1, 0.15) is 39.9 Å². The third-order valence-electron chi connectivity index (χ3n) is 5.71. The highest BCUT2D eigenvalue weighted by atomic mass is 35.5. The first-order valence-corrected chi connectivity index (χ1v) is 11.1. The number of amides is 1. The average Bonchev–Trinajstić information content (AvgIpc) is 3.60. The summed E-state index contributed by atoms with van der Waals surface area (Å²) in [6, 6.07) is 11.3. The lowest BCUT2D eigenvalue weighted by atomic mass is 10.1. The molecule has 1 fully saturated rings. The first-order valence-electron chi connectivity index (χ1n) is 10.7. The van der Waals surface area contributed by atoms with Gasteiger partial charge in [0.15, 0.2) is 0 Å². The maximum Gasteiger partial charge on any atom is 0.306 e. The fraction of sp³-hybridized carbons (Fsp3) is 0.292. The first-order chi connectivity index (χ1) is 15.8. The van der Waals surface area contributed by atoms with Crippen LogP contribution >= 0.6 is 11.6 Å². The molecule has 33 heavy (non-hydrogen) atoms. The van der Waals surface area contributed by atoms with E-state index in [1.807, 2.05) is 38.2 Å². The Balaban J connectivity index is 0.000000376. The molecule has 2 aromatic carbocycles. The first kappa shape index (κ1) is 22.8. The Morgan fingerprint density at radius 2 is 2.00 bits per heavy atom. The number of nitrogens with zero attached hydrogens (tertiary/aromatic N) is 3. The predicted molar refractivity (Wildman–Crippen MR) is 128 cm³/mol. The molecule has 3 aromatic rings. The van der Waals surface area contributed by atoms with Gasteiger partial charge in [0.1, 0.15) is 5.82 Å². The van der Waals surface area contributed by atoms with Crippen molar-refractivity contribution < 1.29 is 14.7 Å². The van der Waals surface area contributed by atoms with Crippen molar-refractivity contribution in [1.29, 1.82) is 0 Å².